The van der Waals surface area contributed by atoms with E-state index in [1.807, 2.05) is 0 Å². The van der Waals surface area contributed by atoms with Crippen LogP contribution in [0.5, 0.6) is 0 Å². The van der Waals surface area contributed by atoms with Crippen molar-refractivity contribution in [3.8, 4) is 5.69 Å². The summed E-state index contributed by atoms with van der Waals surface area (Å²) < 4.78 is 39.7. The lowest BCUT2D eigenvalue weighted by Crippen LogP contribution is -2.55. The second-order valence-corrected chi connectivity index (χ2v) is 6.98. The molecule has 0 saturated carbocycles. The first-order valence-corrected chi connectivity index (χ1v) is 8.66. The second-order valence-electron chi connectivity index (χ2n) is 6.16. The molecule has 0 unspecified atom stereocenters. The molecule has 10 heteroatoms. The van der Waals surface area contributed by atoms with Gasteiger partial charge in [0.25, 0.3) is 5.91 Å². The van der Waals surface area contributed by atoms with Gasteiger partial charge in [-0.3, -0.25) is 9.36 Å². The standard InChI is InChI=1S/C17H11Cl2F3N4O/c18-11-4-3-10(6-12(11)19)26-14-13(2-1-5-23-14)24-15(26)16(27)25-7-9(8-25)17(20,21)22/h1-6,9H,7-8H2. The third-order valence-corrected chi connectivity index (χ3v) is 5.14. The molecular weight excluding hydrogens is 404 g/mol. The maximum atomic E-state index is 12.8. The van der Waals surface area contributed by atoms with E-state index in [2.05, 4.69) is 9.97 Å². The predicted octanol–water partition coefficient (Wildman–Crippen LogP) is 4.36. The summed E-state index contributed by atoms with van der Waals surface area (Å²) in [6, 6.07) is 8.07. The van der Waals surface area contributed by atoms with Crippen LogP contribution in [0.15, 0.2) is 36.5 Å². The molecule has 2 aromatic heterocycles. The number of carbonyl (C=O) groups excluding carboxylic acids is 1. The van der Waals surface area contributed by atoms with E-state index in [-0.39, 0.29) is 23.9 Å². The molecule has 0 spiro atoms. The Morgan fingerprint density at radius 3 is 2.56 bits per heavy atom. The summed E-state index contributed by atoms with van der Waals surface area (Å²) in [5.41, 5.74) is 1.33. The number of carbonyl (C=O) groups is 1. The third kappa shape index (κ3) is 3.12. The summed E-state index contributed by atoms with van der Waals surface area (Å²) in [6.07, 6.45) is -2.78. The van der Waals surface area contributed by atoms with Crippen LogP contribution >= 0.6 is 23.2 Å². The van der Waals surface area contributed by atoms with Gasteiger partial charge in [-0.2, -0.15) is 13.2 Å². The lowest BCUT2D eigenvalue weighted by atomic mass is 9.99. The van der Waals surface area contributed by atoms with Crippen LogP contribution in [0.2, 0.25) is 10.0 Å². The quantitative estimate of drug-likeness (QED) is 0.625. The summed E-state index contributed by atoms with van der Waals surface area (Å²) >= 11 is 12.0. The van der Waals surface area contributed by atoms with Crippen molar-refractivity contribution in [2.45, 2.75) is 6.18 Å². The van der Waals surface area contributed by atoms with E-state index < -0.39 is 18.0 Å². The Balaban J connectivity index is 1.77. The number of benzene rings is 1. The van der Waals surface area contributed by atoms with Crippen molar-refractivity contribution >= 4 is 40.3 Å². The van der Waals surface area contributed by atoms with Gasteiger partial charge >= 0.3 is 6.18 Å². The molecule has 1 aliphatic heterocycles. The predicted molar refractivity (Wildman–Crippen MR) is 94.3 cm³/mol. The minimum atomic E-state index is -4.32. The van der Waals surface area contributed by atoms with E-state index in [1.165, 1.54) is 10.8 Å². The van der Waals surface area contributed by atoms with E-state index in [1.54, 1.807) is 30.3 Å². The molecule has 5 nitrogen and oxygen atoms in total. The number of imidazole rings is 1. The molecule has 0 aliphatic carbocycles. The van der Waals surface area contributed by atoms with Crippen LogP contribution in [0.1, 0.15) is 10.6 Å². The maximum absolute atomic E-state index is 12.8. The highest BCUT2D eigenvalue weighted by atomic mass is 35.5. The molecule has 1 saturated heterocycles. The fraction of sp³-hybridized carbons (Fsp3) is 0.235. The molecule has 0 bridgehead atoms. The Bertz CT molecular complexity index is 1040. The number of likely N-dealkylation sites (tertiary alicyclic amines) is 1. The highest BCUT2D eigenvalue weighted by molar-refractivity contribution is 6.42. The zero-order valence-corrected chi connectivity index (χ0v) is 15.1. The van der Waals surface area contributed by atoms with Gasteiger partial charge in [-0.05, 0) is 30.3 Å². The second kappa shape index (κ2) is 6.38. The summed E-state index contributed by atoms with van der Waals surface area (Å²) in [5, 5.41) is 0.605. The van der Waals surface area contributed by atoms with Gasteiger partial charge in [0.1, 0.15) is 5.52 Å². The van der Waals surface area contributed by atoms with E-state index in [4.69, 9.17) is 23.2 Å². The highest BCUT2D eigenvalue weighted by Gasteiger charge is 2.49. The molecule has 3 heterocycles. The third-order valence-electron chi connectivity index (χ3n) is 4.40. The molecular formula is C17H11Cl2F3N4O. The summed E-state index contributed by atoms with van der Waals surface area (Å²) in [7, 11) is 0. The Morgan fingerprint density at radius 2 is 1.89 bits per heavy atom. The number of amides is 1. The summed E-state index contributed by atoms with van der Waals surface area (Å²) in [5.74, 6) is -2.13. The minimum absolute atomic E-state index is 0.0253. The van der Waals surface area contributed by atoms with E-state index in [9.17, 15) is 18.0 Å². The normalized spacial score (nSPS) is 15.2. The van der Waals surface area contributed by atoms with Crippen molar-refractivity contribution in [2.75, 3.05) is 13.1 Å². The largest absolute Gasteiger partial charge is 0.395 e. The number of alkyl halides is 3. The van der Waals surface area contributed by atoms with Crippen LogP contribution in [0.25, 0.3) is 16.9 Å². The van der Waals surface area contributed by atoms with Gasteiger partial charge in [0.05, 0.1) is 21.7 Å². The van der Waals surface area contributed by atoms with Crippen LogP contribution in [-0.4, -0.2) is 44.6 Å². The molecule has 3 aromatic rings. The van der Waals surface area contributed by atoms with Gasteiger partial charge < -0.3 is 4.90 Å². The number of rotatable bonds is 2. The number of nitrogens with zero attached hydrogens (tertiary/aromatic N) is 4. The number of pyridine rings is 1. The van der Waals surface area contributed by atoms with Crippen molar-refractivity contribution in [2.24, 2.45) is 5.92 Å². The lowest BCUT2D eigenvalue weighted by Gasteiger charge is -2.39. The van der Waals surface area contributed by atoms with E-state index in [0.717, 1.165) is 4.90 Å². The van der Waals surface area contributed by atoms with Crippen LogP contribution in [0.4, 0.5) is 13.2 Å². The molecule has 27 heavy (non-hydrogen) atoms. The lowest BCUT2D eigenvalue weighted by molar-refractivity contribution is -0.202. The SMILES string of the molecule is O=C(c1nc2cccnc2n1-c1ccc(Cl)c(Cl)c1)N1CC(C(F)(F)F)C1. The van der Waals surface area contributed by atoms with Gasteiger partial charge in [0.2, 0.25) is 5.82 Å². The molecule has 140 valence electrons. The Labute approximate surface area is 161 Å². The molecule has 1 aliphatic rings. The first-order chi connectivity index (χ1) is 12.8. The van der Waals surface area contributed by atoms with Crippen LogP contribution < -0.4 is 0 Å². The maximum Gasteiger partial charge on any atom is 0.395 e. The molecule has 0 radical (unpaired) electrons. The number of aromatic nitrogens is 3. The van der Waals surface area contributed by atoms with Crippen molar-refractivity contribution < 1.29 is 18.0 Å². The molecule has 0 atom stereocenters. The highest BCUT2D eigenvalue weighted by Crippen LogP contribution is 2.35. The fourth-order valence-electron chi connectivity index (χ4n) is 2.92. The van der Waals surface area contributed by atoms with Gasteiger partial charge in [0, 0.05) is 19.3 Å². The Kier molecular flexibility index (Phi) is 4.27. The zero-order valence-electron chi connectivity index (χ0n) is 13.5. The molecule has 1 amide bonds. The summed E-state index contributed by atoms with van der Waals surface area (Å²) in [6.45, 7) is -0.777. The Hall–Kier alpha value is -2.32. The van der Waals surface area contributed by atoms with Gasteiger partial charge in [-0.15, -0.1) is 0 Å². The number of halogens is 5. The first kappa shape index (κ1) is 18.1. The minimum Gasteiger partial charge on any atom is -0.335 e. The van der Waals surface area contributed by atoms with Crippen molar-refractivity contribution in [1.82, 2.24) is 19.4 Å². The zero-order chi connectivity index (χ0) is 19.3. The van der Waals surface area contributed by atoms with Gasteiger partial charge in [-0.1, -0.05) is 23.2 Å². The van der Waals surface area contributed by atoms with E-state index in [0.29, 0.717) is 21.9 Å². The Morgan fingerprint density at radius 1 is 1.15 bits per heavy atom. The average molecular weight is 415 g/mol. The smallest absolute Gasteiger partial charge is 0.335 e. The van der Waals surface area contributed by atoms with Gasteiger partial charge in [-0.25, -0.2) is 9.97 Å². The van der Waals surface area contributed by atoms with Gasteiger partial charge in [0.15, 0.2) is 5.65 Å². The van der Waals surface area contributed by atoms with Crippen LogP contribution in [0, 0.1) is 5.92 Å². The molecule has 1 aromatic carbocycles. The monoisotopic (exact) mass is 414 g/mol. The van der Waals surface area contributed by atoms with E-state index >= 15 is 0 Å². The molecule has 4 rings (SSSR count). The number of fused-ring (bicyclic) bond motifs is 1. The molecule has 0 N–H and O–H groups in total. The number of hydrogen-bond acceptors (Lipinski definition) is 3. The van der Waals surface area contributed by atoms with Crippen LogP contribution in [-0.2, 0) is 0 Å². The van der Waals surface area contributed by atoms with Crippen molar-refractivity contribution in [1.29, 1.82) is 0 Å². The molecule has 1 fully saturated rings. The summed E-state index contributed by atoms with van der Waals surface area (Å²) in [4.78, 5) is 22.4. The number of hydrogen-bond donors (Lipinski definition) is 0. The van der Waals surface area contributed by atoms with Crippen molar-refractivity contribution in [3.63, 3.8) is 0 Å². The fourth-order valence-corrected chi connectivity index (χ4v) is 3.21. The van der Waals surface area contributed by atoms with Crippen molar-refractivity contribution in [3.05, 3.63) is 52.4 Å². The first-order valence-electron chi connectivity index (χ1n) is 7.90. The topological polar surface area (TPSA) is 51.0 Å². The van der Waals surface area contributed by atoms with Crippen LogP contribution in [0.3, 0.4) is 0 Å². The average Bonchev–Trinajstić information content (AvgIpc) is 2.94.